The van der Waals surface area contributed by atoms with Gasteiger partial charge in [0.05, 0.1) is 11.1 Å². The number of aromatic nitrogens is 1. The van der Waals surface area contributed by atoms with Gasteiger partial charge in [0.15, 0.2) is 0 Å². The van der Waals surface area contributed by atoms with Crippen LogP contribution in [-0.2, 0) is 13.5 Å². The van der Waals surface area contributed by atoms with Crippen LogP contribution < -0.4 is 5.73 Å². The normalized spacial score (nSPS) is 11.1. The van der Waals surface area contributed by atoms with Crippen molar-refractivity contribution >= 4 is 16.9 Å². The first kappa shape index (κ1) is 12.6. The molecular weight excluding hydrogens is 228 g/mol. The fourth-order valence-corrected chi connectivity index (χ4v) is 2.43. The highest BCUT2D eigenvalue weighted by molar-refractivity contribution is 6.03. The van der Waals surface area contributed by atoms with Crippen LogP contribution in [0.3, 0.4) is 0 Å². The van der Waals surface area contributed by atoms with E-state index in [-0.39, 0.29) is 0 Å². The van der Waals surface area contributed by atoms with Crippen LogP contribution in [0.5, 0.6) is 0 Å². The van der Waals surface area contributed by atoms with Crippen molar-refractivity contribution in [1.29, 1.82) is 0 Å². The highest BCUT2D eigenvalue weighted by atomic mass is 16.4. The zero-order valence-electron chi connectivity index (χ0n) is 10.7. The topological polar surface area (TPSA) is 68.2 Å². The molecule has 0 amide bonds. The number of aryl methyl sites for hydroxylation is 3. The average molecular weight is 246 g/mol. The Morgan fingerprint density at radius 3 is 2.78 bits per heavy atom. The Labute approximate surface area is 106 Å². The van der Waals surface area contributed by atoms with Gasteiger partial charge in [0.1, 0.15) is 0 Å². The number of carboxylic acid groups (broad SMARTS) is 1. The van der Waals surface area contributed by atoms with Crippen molar-refractivity contribution in [2.75, 3.05) is 6.54 Å². The second-order valence-corrected chi connectivity index (χ2v) is 4.67. The molecule has 0 aliphatic rings. The number of rotatable bonds is 4. The molecule has 0 bridgehead atoms. The van der Waals surface area contributed by atoms with E-state index in [1.54, 1.807) is 6.07 Å². The molecule has 0 atom stereocenters. The summed E-state index contributed by atoms with van der Waals surface area (Å²) >= 11 is 0. The third-order valence-corrected chi connectivity index (χ3v) is 3.18. The molecule has 0 spiro atoms. The molecule has 3 N–H and O–H groups in total. The molecule has 18 heavy (non-hydrogen) atoms. The molecular formula is C14H18N2O2. The summed E-state index contributed by atoms with van der Waals surface area (Å²) in [5.41, 5.74) is 8.84. The van der Waals surface area contributed by atoms with Crippen LogP contribution in [-0.4, -0.2) is 22.2 Å². The van der Waals surface area contributed by atoms with Crippen LogP contribution in [0.4, 0.5) is 0 Å². The maximum Gasteiger partial charge on any atom is 0.337 e. The third kappa shape index (κ3) is 2.11. The molecule has 4 nitrogen and oxygen atoms in total. The van der Waals surface area contributed by atoms with Gasteiger partial charge in [0, 0.05) is 18.6 Å². The van der Waals surface area contributed by atoms with Crippen molar-refractivity contribution in [3.8, 4) is 0 Å². The van der Waals surface area contributed by atoms with Crippen molar-refractivity contribution in [3.63, 3.8) is 0 Å². The molecule has 2 aromatic rings. The second-order valence-electron chi connectivity index (χ2n) is 4.67. The molecule has 0 fully saturated rings. The highest BCUT2D eigenvalue weighted by Crippen LogP contribution is 2.26. The summed E-state index contributed by atoms with van der Waals surface area (Å²) in [6.07, 6.45) is 3.80. The minimum absolute atomic E-state index is 0.367. The maximum absolute atomic E-state index is 11.3. The Morgan fingerprint density at radius 2 is 2.17 bits per heavy atom. The predicted octanol–water partition coefficient (Wildman–Crippen LogP) is 2.08. The third-order valence-electron chi connectivity index (χ3n) is 3.18. The summed E-state index contributed by atoms with van der Waals surface area (Å²) in [6, 6.07) is 3.77. The van der Waals surface area contributed by atoms with E-state index < -0.39 is 5.97 Å². The molecule has 1 aromatic heterocycles. The summed E-state index contributed by atoms with van der Waals surface area (Å²) in [6.45, 7) is 2.57. The number of aromatic carboxylic acids is 1. The average Bonchev–Trinajstić information content (AvgIpc) is 2.62. The zero-order valence-corrected chi connectivity index (χ0v) is 10.7. The lowest BCUT2D eigenvalue weighted by Gasteiger charge is -2.04. The van der Waals surface area contributed by atoms with Crippen LogP contribution >= 0.6 is 0 Å². The van der Waals surface area contributed by atoms with Crippen molar-refractivity contribution in [2.45, 2.75) is 19.8 Å². The predicted molar refractivity (Wildman–Crippen MR) is 72.0 cm³/mol. The van der Waals surface area contributed by atoms with Crippen LogP contribution in [0.2, 0.25) is 0 Å². The fourth-order valence-electron chi connectivity index (χ4n) is 2.43. The largest absolute Gasteiger partial charge is 0.478 e. The molecule has 1 heterocycles. The van der Waals surface area contributed by atoms with Gasteiger partial charge in [0.25, 0.3) is 0 Å². The van der Waals surface area contributed by atoms with Gasteiger partial charge in [-0.1, -0.05) is 0 Å². The summed E-state index contributed by atoms with van der Waals surface area (Å²) < 4.78 is 1.89. The number of nitrogens with zero attached hydrogens (tertiary/aromatic N) is 1. The van der Waals surface area contributed by atoms with Gasteiger partial charge in [0.2, 0.25) is 0 Å². The lowest BCUT2D eigenvalue weighted by molar-refractivity contribution is 0.0698. The van der Waals surface area contributed by atoms with E-state index >= 15 is 0 Å². The minimum atomic E-state index is -0.879. The van der Waals surface area contributed by atoms with Crippen molar-refractivity contribution in [1.82, 2.24) is 4.57 Å². The van der Waals surface area contributed by atoms with E-state index in [2.05, 4.69) is 0 Å². The van der Waals surface area contributed by atoms with Gasteiger partial charge in [-0.05, 0) is 49.6 Å². The number of benzene rings is 1. The first-order valence-corrected chi connectivity index (χ1v) is 6.06. The SMILES string of the molecule is Cc1cc(C(=O)O)c2c(c1)c(CCCN)cn2C. The summed E-state index contributed by atoms with van der Waals surface area (Å²) in [5.74, 6) is -0.879. The molecule has 0 saturated carbocycles. The van der Waals surface area contributed by atoms with E-state index in [1.165, 1.54) is 5.56 Å². The van der Waals surface area contributed by atoms with Gasteiger partial charge in [-0.2, -0.15) is 0 Å². The summed E-state index contributed by atoms with van der Waals surface area (Å²) in [5, 5.41) is 10.3. The van der Waals surface area contributed by atoms with E-state index in [9.17, 15) is 9.90 Å². The monoisotopic (exact) mass is 246 g/mol. The molecule has 0 unspecified atom stereocenters. The van der Waals surface area contributed by atoms with Crippen LogP contribution in [0.1, 0.15) is 27.9 Å². The number of hydrogen-bond acceptors (Lipinski definition) is 2. The molecule has 1 aromatic carbocycles. The molecule has 4 heteroatoms. The van der Waals surface area contributed by atoms with Gasteiger partial charge in [-0.3, -0.25) is 0 Å². The summed E-state index contributed by atoms with van der Waals surface area (Å²) in [7, 11) is 1.88. The Bertz CT molecular complexity index is 599. The smallest absolute Gasteiger partial charge is 0.337 e. The van der Waals surface area contributed by atoms with Crippen LogP contribution in [0.15, 0.2) is 18.3 Å². The van der Waals surface area contributed by atoms with E-state index in [0.29, 0.717) is 12.1 Å². The molecule has 2 rings (SSSR count). The lowest BCUT2D eigenvalue weighted by atomic mass is 10.0. The van der Waals surface area contributed by atoms with Crippen LogP contribution in [0.25, 0.3) is 10.9 Å². The van der Waals surface area contributed by atoms with Crippen molar-refractivity contribution in [2.24, 2.45) is 12.8 Å². The summed E-state index contributed by atoms with van der Waals surface area (Å²) in [4.78, 5) is 11.3. The van der Waals surface area contributed by atoms with Crippen LogP contribution in [0, 0.1) is 6.92 Å². The van der Waals surface area contributed by atoms with Crippen molar-refractivity contribution < 1.29 is 9.90 Å². The lowest BCUT2D eigenvalue weighted by Crippen LogP contribution is -2.01. The van der Waals surface area contributed by atoms with Gasteiger partial charge < -0.3 is 15.4 Å². The first-order chi connectivity index (χ1) is 8.54. The van der Waals surface area contributed by atoms with Crippen molar-refractivity contribution in [3.05, 3.63) is 35.0 Å². The van der Waals surface area contributed by atoms with E-state index in [4.69, 9.17) is 5.73 Å². The second kappa shape index (κ2) is 4.82. The minimum Gasteiger partial charge on any atom is -0.478 e. The molecule has 0 aliphatic heterocycles. The zero-order chi connectivity index (χ0) is 13.3. The molecule has 0 aliphatic carbocycles. The van der Waals surface area contributed by atoms with Gasteiger partial charge in [-0.25, -0.2) is 4.79 Å². The van der Waals surface area contributed by atoms with E-state index in [0.717, 1.165) is 29.3 Å². The van der Waals surface area contributed by atoms with Gasteiger partial charge >= 0.3 is 5.97 Å². The molecule has 0 saturated heterocycles. The standard InChI is InChI=1S/C14H18N2O2/c1-9-6-11-10(4-3-5-15)8-16(2)13(11)12(7-9)14(17)18/h6-8H,3-5,15H2,1-2H3,(H,17,18). The Morgan fingerprint density at radius 1 is 1.44 bits per heavy atom. The maximum atomic E-state index is 11.3. The van der Waals surface area contributed by atoms with Gasteiger partial charge in [-0.15, -0.1) is 0 Å². The number of nitrogens with two attached hydrogens (primary N) is 1. The number of fused-ring (bicyclic) bond motifs is 1. The van der Waals surface area contributed by atoms with E-state index in [1.807, 2.05) is 30.8 Å². The molecule has 0 radical (unpaired) electrons. The molecule has 96 valence electrons. The first-order valence-electron chi connectivity index (χ1n) is 6.06. The quantitative estimate of drug-likeness (QED) is 0.867. The Hall–Kier alpha value is -1.81. The Kier molecular flexibility index (Phi) is 3.39. The number of carboxylic acids is 1. The highest BCUT2D eigenvalue weighted by Gasteiger charge is 2.15. The Balaban J connectivity index is 2.67. The number of hydrogen-bond donors (Lipinski definition) is 2. The fraction of sp³-hybridized carbons (Fsp3) is 0.357. The number of carbonyl (C=O) groups is 1.